The Morgan fingerprint density at radius 1 is 1.18 bits per heavy atom. The van der Waals surface area contributed by atoms with Crippen molar-refractivity contribution < 1.29 is 14.6 Å². The lowest BCUT2D eigenvalue weighted by molar-refractivity contribution is 0.0909. The third-order valence-electron chi connectivity index (χ3n) is 4.43. The molecule has 0 aliphatic carbocycles. The standard InChI is InChI=1S/C22H24BrNO3S/c1-15-12-19-21(14-17(15)4-3-10-27-11-9-25)28-22(24-19)8-6-16-5-7-20(26-2)18(23)13-16/h5-8,12-14,25H,3-4,9-11H2,1-2H3/b8-6+. The quantitative estimate of drug-likeness (QED) is 0.428. The van der Waals surface area contributed by atoms with Crippen LogP contribution in [0.1, 0.15) is 28.1 Å². The fourth-order valence-electron chi connectivity index (χ4n) is 2.96. The normalized spacial score (nSPS) is 11.6. The van der Waals surface area contributed by atoms with Crippen LogP contribution in [-0.2, 0) is 11.2 Å². The maximum absolute atomic E-state index is 8.76. The molecule has 1 heterocycles. The summed E-state index contributed by atoms with van der Waals surface area (Å²) in [5.74, 6) is 0.821. The Labute approximate surface area is 178 Å². The first-order valence-electron chi connectivity index (χ1n) is 9.21. The summed E-state index contributed by atoms with van der Waals surface area (Å²) in [4.78, 5) is 4.75. The molecule has 0 aliphatic heterocycles. The third-order valence-corrected chi connectivity index (χ3v) is 6.03. The van der Waals surface area contributed by atoms with Crippen LogP contribution in [0.15, 0.2) is 34.8 Å². The number of aryl methyl sites for hydroxylation is 2. The van der Waals surface area contributed by atoms with Crippen molar-refractivity contribution in [3.05, 3.63) is 56.5 Å². The van der Waals surface area contributed by atoms with Crippen LogP contribution in [0.2, 0.25) is 0 Å². The number of aliphatic hydroxyl groups is 1. The summed E-state index contributed by atoms with van der Waals surface area (Å²) < 4.78 is 12.8. The number of hydrogen-bond donors (Lipinski definition) is 1. The van der Waals surface area contributed by atoms with E-state index in [1.54, 1.807) is 18.4 Å². The molecule has 148 valence electrons. The highest BCUT2D eigenvalue weighted by molar-refractivity contribution is 9.10. The van der Waals surface area contributed by atoms with E-state index in [1.807, 2.05) is 18.2 Å². The predicted octanol–water partition coefficient (Wildman–Crippen LogP) is 5.49. The minimum atomic E-state index is 0.0790. The Bertz CT molecular complexity index is 968. The Morgan fingerprint density at radius 2 is 2.04 bits per heavy atom. The number of thiazole rings is 1. The summed E-state index contributed by atoms with van der Waals surface area (Å²) in [6.07, 6.45) is 6.03. The summed E-state index contributed by atoms with van der Waals surface area (Å²) in [6.45, 7) is 3.29. The van der Waals surface area contributed by atoms with Crippen LogP contribution in [-0.4, -0.2) is 37.0 Å². The molecule has 0 saturated heterocycles. The van der Waals surface area contributed by atoms with Crippen LogP contribution in [0.4, 0.5) is 0 Å². The van der Waals surface area contributed by atoms with Gasteiger partial charge in [-0.3, -0.25) is 0 Å². The SMILES string of the molecule is COc1ccc(/C=C/c2nc3cc(C)c(CCCOCCO)cc3s2)cc1Br. The van der Waals surface area contributed by atoms with Crippen molar-refractivity contribution in [2.45, 2.75) is 19.8 Å². The van der Waals surface area contributed by atoms with Crippen LogP contribution < -0.4 is 4.74 Å². The van der Waals surface area contributed by atoms with Gasteiger partial charge in [-0.1, -0.05) is 12.1 Å². The maximum Gasteiger partial charge on any atom is 0.133 e. The van der Waals surface area contributed by atoms with Crippen LogP contribution in [0, 0.1) is 6.92 Å². The second-order valence-corrected chi connectivity index (χ2v) is 8.38. The Kier molecular flexibility index (Phi) is 7.62. The van der Waals surface area contributed by atoms with Gasteiger partial charge in [0.2, 0.25) is 0 Å². The topological polar surface area (TPSA) is 51.6 Å². The van der Waals surface area contributed by atoms with E-state index in [-0.39, 0.29) is 6.61 Å². The molecule has 0 bridgehead atoms. The highest BCUT2D eigenvalue weighted by atomic mass is 79.9. The largest absolute Gasteiger partial charge is 0.496 e. The third kappa shape index (κ3) is 5.41. The Morgan fingerprint density at radius 3 is 2.79 bits per heavy atom. The molecule has 0 unspecified atom stereocenters. The summed E-state index contributed by atoms with van der Waals surface area (Å²) >= 11 is 5.22. The first kappa shape index (κ1) is 21.0. The first-order valence-corrected chi connectivity index (χ1v) is 10.8. The zero-order valence-electron chi connectivity index (χ0n) is 16.1. The van der Waals surface area contributed by atoms with Gasteiger partial charge in [0.05, 0.1) is 35.0 Å². The fourth-order valence-corrected chi connectivity index (χ4v) is 4.44. The van der Waals surface area contributed by atoms with Crippen molar-refractivity contribution in [3.8, 4) is 5.75 Å². The molecule has 3 rings (SSSR count). The molecule has 0 fully saturated rings. The second kappa shape index (κ2) is 10.2. The van der Waals surface area contributed by atoms with Crippen molar-refractivity contribution in [2.75, 3.05) is 26.9 Å². The van der Waals surface area contributed by atoms with E-state index in [0.717, 1.165) is 39.2 Å². The molecular formula is C22H24BrNO3S. The highest BCUT2D eigenvalue weighted by Gasteiger charge is 2.07. The number of halogens is 1. The Hall–Kier alpha value is -1.73. The molecule has 2 aromatic carbocycles. The lowest BCUT2D eigenvalue weighted by atomic mass is 10.0. The number of ether oxygens (including phenoxy) is 2. The monoisotopic (exact) mass is 461 g/mol. The molecule has 0 spiro atoms. The van der Waals surface area contributed by atoms with Gasteiger partial charge in [0.15, 0.2) is 0 Å². The minimum absolute atomic E-state index is 0.0790. The van der Waals surface area contributed by atoms with E-state index < -0.39 is 0 Å². The molecule has 6 heteroatoms. The second-order valence-electron chi connectivity index (χ2n) is 6.47. The van der Waals surface area contributed by atoms with Crippen molar-refractivity contribution >= 4 is 49.6 Å². The molecule has 0 saturated carbocycles. The number of aromatic nitrogens is 1. The fraction of sp³-hybridized carbons (Fsp3) is 0.318. The Balaban J connectivity index is 1.72. The van der Waals surface area contributed by atoms with E-state index in [9.17, 15) is 0 Å². The number of hydrogen-bond acceptors (Lipinski definition) is 5. The van der Waals surface area contributed by atoms with Gasteiger partial charge in [0.25, 0.3) is 0 Å². The molecule has 3 aromatic rings. The van der Waals surface area contributed by atoms with Gasteiger partial charge >= 0.3 is 0 Å². The molecule has 0 aliphatic rings. The van der Waals surface area contributed by atoms with Crippen LogP contribution in [0.3, 0.4) is 0 Å². The summed E-state index contributed by atoms with van der Waals surface area (Å²) in [5, 5.41) is 9.75. The van der Waals surface area contributed by atoms with Gasteiger partial charge in [-0.15, -0.1) is 11.3 Å². The van der Waals surface area contributed by atoms with Crippen molar-refractivity contribution in [3.63, 3.8) is 0 Å². The van der Waals surface area contributed by atoms with E-state index >= 15 is 0 Å². The van der Waals surface area contributed by atoms with Gasteiger partial charge in [0, 0.05) is 6.61 Å². The van der Waals surface area contributed by atoms with E-state index in [0.29, 0.717) is 13.2 Å². The molecule has 4 nitrogen and oxygen atoms in total. The van der Waals surface area contributed by atoms with Gasteiger partial charge in [-0.2, -0.15) is 0 Å². The van der Waals surface area contributed by atoms with Crippen LogP contribution in [0.25, 0.3) is 22.4 Å². The number of aliphatic hydroxyl groups excluding tert-OH is 1. The number of rotatable bonds is 9. The highest BCUT2D eigenvalue weighted by Crippen LogP contribution is 2.29. The summed E-state index contributed by atoms with van der Waals surface area (Å²) in [7, 11) is 1.66. The molecule has 0 amide bonds. The number of methoxy groups -OCH3 is 1. The lowest BCUT2D eigenvalue weighted by Gasteiger charge is -2.06. The molecular weight excluding hydrogens is 438 g/mol. The average Bonchev–Trinajstić information content (AvgIpc) is 3.08. The average molecular weight is 462 g/mol. The zero-order valence-corrected chi connectivity index (χ0v) is 18.5. The molecule has 0 atom stereocenters. The van der Waals surface area contributed by atoms with Crippen LogP contribution in [0.5, 0.6) is 5.75 Å². The molecule has 1 aromatic heterocycles. The number of nitrogens with zero attached hydrogens (tertiary/aromatic N) is 1. The van der Waals surface area contributed by atoms with E-state index in [4.69, 9.17) is 19.6 Å². The molecule has 0 radical (unpaired) electrons. The summed E-state index contributed by atoms with van der Waals surface area (Å²) in [5.41, 5.74) is 4.72. The van der Waals surface area contributed by atoms with Crippen molar-refractivity contribution in [1.29, 1.82) is 0 Å². The number of benzene rings is 2. The number of fused-ring (bicyclic) bond motifs is 1. The van der Waals surface area contributed by atoms with E-state index in [2.05, 4.69) is 47.1 Å². The first-order chi connectivity index (χ1) is 13.6. The summed E-state index contributed by atoms with van der Waals surface area (Å²) in [6, 6.07) is 10.4. The van der Waals surface area contributed by atoms with Gasteiger partial charge in [0.1, 0.15) is 10.8 Å². The predicted molar refractivity (Wildman–Crippen MR) is 120 cm³/mol. The molecule has 28 heavy (non-hydrogen) atoms. The van der Waals surface area contributed by atoms with E-state index in [1.165, 1.54) is 15.8 Å². The lowest BCUT2D eigenvalue weighted by Crippen LogP contribution is -2.02. The maximum atomic E-state index is 8.76. The van der Waals surface area contributed by atoms with Crippen molar-refractivity contribution in [2.24, 2.45) is 0 Å². The van der Waals surface area contributed by atoms with Gasteiger partial charge in [-0.05, 0) is 82.7 Å². The van der Waals surface area contributed by atoms with Crippen LogP contribution >= 0.6 is 27.3 Å². The zero-order chi connectivity index (χ0) is 19.9. The smallest absolute Gasteiger partial charge is 0.133 e. The van der Waals surface area contributed by atoms with Gasteiger partial charge in [-0.25, -0.2) is 4.98 Å². The minimum Gasteiger partial charge on any atom is -0.496 e. The van der Waals surface area contributed by atoms with Gasteiger partial charge < -0.3 is 14.6 Å². The molecule has 1 N–H and O–H groups in total. The van der Waals surface area contributed by atoms with Crippen molar-refractivity contribution in [1.82, 2.24) is 4.98 Å².